The van der Waals surface area contributed by atoms with Gasteiger partial charge in [-0.2, -0.15) is 0 Å². The molecule has 1 N–H and O–H groups in total. The van der Waals surface area contributed by atoms with Crippen LogP contribution in [-0.4, -0.2) is 87.6 Å². The largest absolute Gasteiger partial charge is 0.494 e. The maximum atomic E-state index is 14.6. The molecule has 0 saturated carbocycles. The highest BCUT2D eigenvalue weighted by atomic mass is 32.2. The molecule has 3 aliphatic rings. The summed E-state index contributed by atoms with van der Waals surface area (Å²) in [6, 6.07) is 6.81. The van der Waals surface area contributed by atoms with E-state index in [1.807, 2.05) is 36.1 Å². The minimum atomic E-state index is -0.675. The van der Waals surface area contributed by atoms with Crippen LogP contribution in [0.25, 0.3) is 0 Å². The topological polar surface area (TPSA) is 90.4 Å². The van der Waals surface area contributed by atoms with E-state index in [4.69, 9.17) is 4.74 Å². The van der Waals surface area contributed by atoms with Gasteiger partial charge in [-0.25, -0.2) is 0 Å². The van der Waals surface area contributed by atoms with Gasteiger partial charge in [-0.15, -0.1) is 24.9 Å². The zero-order chi connectivity index (χ0) is 31.2. The molecule has 2 bridgehead atoms. The van der Waals surface area contributed by atoms with Crippen molar-refractivity contribution in [3.05, 3.63) is 49.6 Å². The Bertz CT molecular complexity index is 1180. The Hall–Kier alpha value is -2.78. The summed E-state index contributed by atoms with van der Waals surface area (Å²) in [5.41, 5.74) is 0.727. The van der Waals surface area contributed by atoms with E-state index in [-0.39, 0.29) is 24.3 Å². The van der Waals surface area contributed by atoms with Gasteiger partial charge in [0, 0.05) is 43.2 Å². The first kappa shape index (κ1) is 33.1. The summed E-state index contributed by atoms with van der Waals surface area (Å²) in [5.74, 6) is -0.696. The van der Waals surface area contributed by atoms with Crippen LogP contribution in [0.15, 0.2) is 49.6 Å². The number of aliphatic hydroxyl groups excluding tert-OH is 1. The number of hydrogen-bond acceptors (Lipinski definition) is 6. The molecule has 0 aliphatic carbocycles. The van der Waals surface area contributed by atoms with E-state index in [9.17, 15) is 19.5 Å². The van der Waals surface area contributed by atoms with Gasteiger partial charge in [0.2, 0.25) is 17.7 Å². The maximum absolute atomic E-state index is 14.6. The van der Waals surface area contributed by atoms with Gasteiger partial charge in [0.05, 0.1) is 23.2 Å². The van der Waals surface area contributed by atoms with Crippen molar-refractivity contribution in [2.75, 3.05) is 44.3 Å². The first-order valence-electron chi connectivity index (χ1n) is 15.9. The Kier molecular flexibility index (Phi) is 11.0. The second kappa shape index (κ2) is 14.3. The van der Waals surface area contributed by atoms with Crippen molar-refractivity contribution in [1.29, 1.82) is 0 Å². The predicted octanol–water partition coefficient (Wildman–Crippen LogP) is 5.06. The number of hydrogen-bond donors (Lipinski definition) is 1. The lowest BCUT2D eigenvalue weighted by Crippen LogP contribution is -2.55. The van der Waals surface area contributed by atoms with Crippen LogP contribution in [0.5, 0.6) is 5.75 Å². The molecule has 1 spiro atoms. The van der Waals surface area contributed by atoms with Crippen LogP contribution < -0.4 is 9.64 Å². The third-order valence-electron chi connectivity index (χ3n) is 9.31. The smallest absolute Gasteiger partial charge is 0.247 e. The third kappa shape index (κ3) is 6.25. The van der Waals surface area contributed by atoms with Crippen LogP contribution in [0.3, 0.4) is 0 Å². The number of rotatable bonds is 17. The molecule has 5 atom stereocenters. The monoisotopic (exact) mass is 611 g/mol. The molecule has 43 heavy (non-hydrogen) atoms. The highest BCUT2D eigenvalue weighted by Gasteiger charge is 2.77. The summed E-state index contributed by atoms with van der Waals surface area (Å²) in [5, 5.41) is 9.48. The molecular formula is C34H49N3O5S. The Morgan fingerprint density at radius 1 is 1.07 bits per heavy atom. The highest BCUT2D eigenvalue weighted by Crippen LogP contribution is 2.71. The van der Waals surface area contributed by atoms with Crippen LogP contribution in [0.2, 0.25) is 0 Å². The third-order valence-corrected chi connectivity index (χ3v) is 11.3. The Morgan fingerprint density at radius 3 is 2.42 bits per heavy atom. The number of likely N-dealkylation sites (tertiary alicyclic amines) is 1. The number of amides is 3. The summed E-state index contributed by atoms with van der Waals surface area (Å²) < 4.78 is 4.46. The zero-order valence-corrected chi connectivity index (χ0v) is 26.9. The summed E-state index contributed by atoms with van der Waals surface area (Å²) >= 11 is 1.70. The fraction of sp³-hybridized carbons (Fsp3) is 0.618. The van der Waals surface area contributed by atoms with Crippen molar-refractivity contribution in [1.82, 2.24) is 9.80 Å². The van der Waals surface area contributed by atoms with Crippen molar-refractivity contribution in [2.45, 2.75) is 81.3 Å². The molecule has 3 fully saturated rings. The van der Waals surface area contributed by atoms with Crippen LogP contribution in [0.1, 0.15) is 65.7 Å². The van der Waals surface area contributed by atoms with Crippen molar-refractivity contribution in [3.8, 4) is 5.75 Å². The molecule has 3 saturated heterocycles. The normalized spacial score (nSPS) is 27.2. The number of fused-ring (bicyclic) bond motifs is 1. The molecule has 9 heteroatoms. The van der Waals surface area contributed by atoms with E-state index >= 15 is 0 Å². The van der Waals surface area contributed by atoms with Crippen LogP contribution >= 0.6 is 11.8 Å². The molecule has 3 amide bonds. The Morgan fingerprint density at radius 2 is 1.79 bits per heavy atom. The molecule has 0 aromatic heterocycles. The lowest BCUT2D eigenvalue weighted by atomic mass is 9.66. The molecule has 3 heterocycles. The SMILES string of the molecule is C=CCN(CCCCC)C(=O)C1N(CCCCO)C(=O)[C@@H]2[C@H](C(=O)N(CC=C)c3ccc(OCC)cc3)[C@]3(C)CCC12S3. The van der Waals surface area contributed by atoms with E-state index in [2.05, 4.69) is 27.0 Å². The number of nitrogens with zero attached hydrogens (tertiary/aromatic N) is 3. The summed E-state index contributed by atoms with van der Waals surface area (Å²) in [6.45, 7) is 16.3. The van der Waals surface area contributed by atoms with Gasteiger partial charge in [0.15, 0.2) is 0 Å². The molecule has 2 unspecified atom stereocenters. The standard InChI is InChI=1S/C34H49N3O5S/c1-6-10-11-22-35(20-7-2)32(41)29-34-19-18-33(5,43-34)27(28(34)31(40)37(29)23-12-13-24-38)30(39)36(21-8-3)25-14-16-26(17-15-25)42-9-4/h7-8,14-17,27-29,38H,2-3,6,9-13,18-24H2,1,4-5H3/t27-,28+,29?,33+,34?/m1/s1. The van der Waals surface area contributed by atoms with E-state index in [1.165, 1.54) is 0 Å². The average molecular weight is 612 g/mol. The number of carbonyl (C=O) groups is 3. The van der Waals surface area contributed by atoms with Gasteiger partial charge in [0.1, 0.15) is 11.8 Å². The van der Waals surface area contributed by atoms with E-state index in [1.54, 1.807) is 33.7 Å². The van der Waals surface area contributed by atoms with Crippen LogP contribution in [-0.2, 0) is 14.4 Å². The first-order valence-corrected chi connectivity index (χ1v) is 16.7. The second-order valence-electron chi connectivity index (χ2n) is 12.1. The number of thioether (sulfide) groups is 1. The summed E-state index contributed by atoms with van der Waals surface area (Å²) in [4.78, 5) is 48.9. The average Bonchev–Trinajstić information content (AvgIpc) is 3.56. The van der Waals surface area contributed by atoms with E-state index < -0.39 is 27.4 Å². The minimum Gasteiger partial charge on any atom is -0.494 e. The van der Waals surface area contributed by atoms with Crippen molar-refractivity contribution >= 4 is 35.2 Å². The summed E-state index contributed by atoms with van der Waals surface area (Å²) in [7, 11) is 0. The van der Waals surface area contributed by atoms with Gasteiger partial charge in [-0.3, -0.25) is 14.4 Å². The first-order chi connectivity index (χ1) is 20.7. The Labute approximate surface area is 261 Å². The van der Waals surface area contributed by atoms with Crippen molar-refractivity contribution in [3.63, 3.8) is 0 Å². The fourth-order valence-corrected chi connectivity index (χ4v) is 9.74. The number of unbranched alkanes of at least 4 members (excludes halogenated alkanes) is 3. The number of ether oxygens (including phenoxy) is 1. The number of benzene rings is 1. The quantitative estimate of drug-likeness (QED) is 0.196. The van der Waals surface area contributed by atoms with Gasteiger partial charge in [0.25, 0.3) is 0 Å². The molecule has 236 valence electrons. The summed E-state index contributed by atoms with van der Waals surface area (Å²) in [6.07, 6.45) is 9.04. The van der Waals surface area contributed by atoms with Gasteiger partial charge < -0.3 is 24.5 Å². The molecular weight excluding hydrogens is 562 g/mol. The van der Waals surface area contributed by atoms with Gasteiger partial charge >= 0.3 is 0 Å². The fourth-order valence-electron chi connectivity index (χ4n) is 7.40. The van der Waals surface area contributed by atoms with Gasteiger partial charge in [-0.1, -0.05) is 31.9 Å². The number of aliphatic hydroxyl groups is 1. The zero-order valence-electron chi connectivity index (χ0n) is 26.1. The molecule has 4 rings (SSSR count). The van der Waals surface area contributed by atoms with Crippen molar-refractivity contribution in [2.24, 2.45) is 11.8 Å². The highest BCUT2D eigenvalue weighted by molar-refractivity contribution is 8.02. The lowest BCUT2D eigenvalue weighted by molar-refractivity contribution is -0.143. The molecule has 3 aliphatic heterocycles. The van der Waals surface area contributed by atoms with Crippen LogP contribution in [0, 0.1) is 11.8 Å². The minimum absolute atomic E-state index is 0.0291. The maximum Gasteiger partial charge on any atom is 0.247 e. The molecule has 8 nitrogen and oxygen atoms in total. The Balaban J connectivity index is 1.72. The van der Waals surface area contributed by atoms with Crippen LogP contribution in [0.4, 0.5) is 5.69 Å². The van der Waals surface area contributed by atoms with E-state index in [0.717, 1.165) is 37.1 Å². The van der Waals surface area contributed by atoms with Crippen molar-refractivity contribution < 1.29 is 24.2 Å². The predicted molar refractivity (Wildman–Crippen MR) is 173 cm³/mol. The molecule has 0 radical (unpaired) electrons. The molecule has 1 aromatic carbocycles. The lowest BCUT2D eigenvalue weighted by Gasteiger charge is -2.38. The molecule has 1 aromatic rings. The number of anilines is 1. The van der Waals surface area contributed by atoms with Gasteiger partial charge in [-0.05, 0) is 70.2 Å². The van der Waals surface area contributed by atoms with E-state index in [0.29, 0.717) is 52.0 Å². The number of carbonyl (C=O) groups excluding carboxylic acids is 3. The second-order valence-corrected chi connectivity index (χ2v) is 14.0.